The van der Waals surface area contributed by atoms with Gasteiger partial charge in [0.15, 0.2) is 0 Å². The van der Waals surface area contributed by atoms with E-state index in [1.807, 2.05) is 6.07 Å². The van der Waals surface area contributed by atoms with E-state index in [2.05, 4.69) is 6.92 Å². The molecule has 0 aliphatic heterocycles. The number of benzene rings is 2. The molecule has 0 fully saturated rings. The van der Waals surface area contributed by atoms with Gasteiger partial charge in [0.2, 0.25) is 0 Å². The molecule has 0 aliphatic carbocycles. The molecule has 2 rings (SSSR count). The van der Waals surface area contributed by atoms with E-state index < -0.39 is 17.6 Å². The lowest BCUT2D eigenvalue weighted by Gasteiger charge is -2.09. The summed E-state index contributed by atoms with van der Waals surface area (Å²) in [4.78, 5) is 0. The van der Waals surface area contributed by atoms with Gasteiger partial charge in [0.05, 0.1) is 5.56 Å². The average molecular weight is 324 g/mol. The van der Waals surface area contributed by atoms with Crippen LogP contribution in [0.1, 0.15) is 43.7 Å². The van der Waals surface area contributed by atoms with Crippen LogP contribution >= 0.6 is 0 Å². The van der Waals surface area contributed by atoms with Gasteiger partial charge in [-0.2, -0.15) is 13.2 Å². The van der Waals surface area contributed by atoms with Gasteiger partial charge in [-0.15, -0.1) is 0 Å². The van der Waals surface area contributed by atoms with Gasteiger partial charge >= 0.3 is 6.18 Å². The lowest BCUT2D eigenvalue weighted by atomic mass is 9.99. The summed E-state index contributed by atoms with van der Waals surface area (Å²) in [6.45, 7) is 2.14. The topological polar surface area (TPSA) is 0 Å². The van der Waals surface area contributed by atoms with E-state index in [1.54, 1.807) is 6.07 Å². The molecule has 0 radical (unpaired) electrons. The van der Waals surface area contributed by atoms with E-state index in [-0.39, 0.29) is 0 Å². The van der Waals surface area contributed by atoms with Crippen molar-refractivity contribution in [3.05, 3.63) is 59.4 Å². The minimum atomic E-state index is -4.38. The summed E-state index contributed by atoms with van der Waals surface area (Å²) in [6.07, 6.45) is 0.919. The Balaban J connectivity index is 2.11. The molecular weight excluding hydrogens is 304 g/mol. The molecular formula is C19H20F4. The second-order valence-corrected chi connectivity index (χ2v) is 5.70. The first kappa shape index (κ1) is 17.5. The zero-order chi connectivity index (χ0) is 16.9. The van der Waals surface area contributed by atoms with E-state index in [0.717, 1.165) is 43.4 Å². The van der Waals surface area contributed by atoms with Crippen LogP contribution < -0.4 is 0 Å². The Morgan fingerprint density at radius 3 is 2.13 bits per heavy atom. The van der Waals surface area contributed by atoms with Crippen molar-refractivity contribution in [2.75, 3.05) is 0 Å². The van der Waals surface area contributed by atoms with Gasteiger partial charge in [-0.1, -0.05) is 50.5 Å². The smallest absolute Gasteiger partial charge is 0.206 e. The highest BCUT2D eigenvalue weighted by molar-refractivity contribution is 5.64. The fraction of sp³-hybridized carbons (Fsp3) is 0.368. The Hall–Kier alpha value is -1.84. The molecule has 124 valence electrons. The summed E-state index contributed by atoms with van der Waals surface area (Å²) in [7, 11) is 0. The van der Waals surface area contributed by atoms with Gasteiger partial charge in [0, 0.05) is 5.56 Å². The molecule has 0 saturated carbocycles. The second-order valence-electron chi connectivity index (χ2n) is 5.70. The summed E-state index contributed by atoms with van der Waals surface area (Å²) in [5.41, 5.74) is 0.979. The van der Waals surface area contributed by atoms with E-state index >= 15 is 0 Å². The summed E-state index contributed by atoms with van der Waals surface area (Å²) in [5.74, 6) is -0.391. The van der Waals surface area contributed by atoms with Crippen LogP contribution in [-0.2, 0) is 12.6 Å². The molecule has 0 heterocycles. The summed E-state index contributed by atoms with van der Waals surface area (Å²) >= 11 is 0. The molecule has 0 aromatic heterocycles. The van der Waals surface area contributed by atoms with Crippen molar-refractivity contribution in [3.63, 3.8) is 0 Å². The fourth-order valence-electron chi connectivity index (χ4n) is 2.54. The Kier molecular flexibility index (Phi) is 5.80. The molecule has 0 amide bonds. The molecule has 0 spiro atoms. The Morgan fingerprint density at radius 1 is 0.870 bits per heavy atom. The maximum Gasteiger partial charge on any atom is 0.416 e. The van der Waals surface area contributed by atoms with Crippen LogP contribution in [0, 0.1) is 5.82 Å². The fourth-order valence-corrected chi connectivity index (χ4v) is 2.54. The zero-order valence-corrected chi connectivity index (χ0v) is 13.1. The predicted octanol–water partition coefficient (Wildman–Crippen LogP) is 6.63. The highest BCUT2D eigenvalue weighted by Gasteiger charge is 2.30. The molecule has 0 atom stereocenters. The molecule has 23 heavy (non-hydrogen) atoms. The third-order valence-corrected chi connectivity index (χ3v) is 3.88. The number of aryl methyl sites for hydroxylation is 1. The highest BCUT2D eigenvalue weighted by Crippen LogP contribution is 2.31. The largest absolute Gasteiger partial charge is 0.416 e. The third kappa shape index (κ3) is 4.81. The van der Waals surface area contributed by atoms with Crippen molar-refractivity contribution in [3.8, 4) is 11.1 Å². The summed E-state index contributed by atoms with van der Waals surface area (Å²) < 4.78 is 51.9. The molecule has 2 aromatic rings. The summed E-state index contributed by atoms with van der Waals surface area (Å²) in [5, 5.41) is 0. The van der Waals surface area contributed by atoms with Crippen molar-refractivity contribution < 1.29 is 17.6 Å². The van der Waals surface area contributed by atoms with Crippen molar-refractivity contribution in [2.24, 2.45) is 0 Å². The Labute approximate surface area is 134 Å². The molecule has 0 N–H and O–H groups in total. The van der Waals surface area contributed by atoms with Crippen LogP contribution in [0.5, 0.6) is 0 Å². The summed E-state index contributed by atoms with van der Waals surface area (Å²) in [6, 6.07) is 9.55. The number of rotatable bonds is 6. The van der Waals surface area contributed by atoms with Crippen LogP contribution in [0.2, 0.25) is 0 Å². The van der Waals surface area contributed by atoms with Gasteiger partial charge in [0.1, 0.15) is 5.82 Å². The average Bonchev–Trinajstić information content (AvgIpc) is 2.51. The standard InChI is InChI=1S/C19H20F4/c1-2-3-4-5-6-14-7-12-17(18(20)13-14)15-8-10-16(11-9-15)19(21,22)23/h7-13H,2-6H2,1H3. The molecule has 0 bridgehead atoms. The number of hydrogen-bond acceptors (Lipinski definition) is 0. The van der Waals surface area contributed by atoms with Gasteiger partial charge in [-0.05, 0) is 42.2 Å². The Bertz CT molecular complexity index is 627. The first-order valence-corrected chi connectivity index (χ1v) is 7.88. The predicted molar refractivity (Wildman–Crippen MR) is 84.7 cm³/mol. The van der Waals surface area contributed by atoms with Crippen LogP contribution in [0.15, 0.2) is 42.5 Å². The van der Waals surface area contributed by atoms with Crippen molar-refractivity contribution >= 4 is 0 Å². The van der Waals surface area contributed by atoms with Gasteiger partial charge in [0.25, 0.3) is 0 Å². The monoisotopic (exact) mass is 324 g/mol. The molecule has 0 nitrogen and oxygen atoms in total. The molecule has 0 saturated heterocycles. The maximum atomic E-state index is 14.2. The van der Waals surface area contributed by atoms with Gasteiger partial charge in [-0.3, -0.25) is 0 Å². The first-order valence-electron chi connectivity index (χ1n) is 7.88. The minimum absolute atomic E-state index is 0.330. The first-order chi connectivity index (χ1) is 10.9. The SMILES string of the molecule is CCCCCCc1ccc(-c2ccc(C(F)(F)F)cc2)c(F)c1. The van der Waals surface area contributed by atoms with Crippen LogP contribution in [0.3, 0.4) is 0 Å². The van der Waals surface area contributed by atoms with Gasteiger partial charge in [-0.25, -0.2) is 4.39 Å². The Morgan fingerprint density at radius 2 is 1.57 bits per heavy atom. The van der Waals surface area contributed by atoms with Crippen molar-refractivity contribution in [1.82, 2.24) is 0 Å². The lowest BCUT2D eigenvalue weighted by molar-refractivity contribution is -0.137. The van der Waals surface area contributed by atoms with E-state index in [9.17, 15) is 17.6 Å². The molecule has 0 unspecified atom stereocenters. The van der Waals surface area contributed by atoms with E-state index in [4.69, 9.17) is 0 Å². The quantitative estimate of drug-likeness (QED) is 0.413. The number of alkyl halides is 3. The van der Waals surface area contributed by atoms with Crippen LogP contribution in [-0.4, -0.2) is 0 Å². The third-order valence-electron chi connectivity index (χ3n) is 3.88. The van der Waals surface area contributed by atoms with Crippen LogP contribution in [0.25, 0.3) is 11.1 Å². The second kappa shape index (κ2) is 7.62. The zero-order valence-electron chi connectivity index (χ0n) is 13.1. The van der Waals surface area contributed by atoms with E-state index in [1.165, 1.54) is 24.6 Å². The molecule has 4 heteroatoms. The van der Waals surface area contributed by atoms with Crippen molar-refractivity contribution in [1.29, 1.82) is 0 Å². The minimum Gasteiger partial charge on any atom is -0.206 e. The van der Waals surface area contributed by atoms with E-state index in [0.29, 0.717) is 11.1 Å². The number of hydrogen-bond donors (Lipinski definition) is 0. The maximum absolute atomic E-state index is 14.2. The number of unbranched alkanes of at least 4 members (excludes halogenated alkanes) is 3. The normalized spacial score (nSPS) is 11.7. The van der Waals surface area contributed by atoms with Crippen molar-refractivity contribution in [2.45, 2.75) is 45.2 Å². The lowest BCUT2D eigenvalue weighted by Crippen LogP contribution is -2.04. The number of halogens is 4. The van der Waals surface area contributed by atoms with Crippen LogP contribution in [0.4, 0.5) is 17.6 Å². The van der Waals surface area contributed by atoms with Gasteiger partial charge < -0.3 is 0 Å². The molecule has 2 aromatic carbocycles. The molecule has 0 aliphatic rings. The highest BCUT2D eigenvalue weighted by atomic mass is 19.4.